The van der Waals surface area contributed by atoms with E-state index in [1.807, 2.05) is 49.6 Å². The van der Waals surface area contributed by atoms with Crippen molar-refractivity contribution in [3.63, 3.8) is 0 Å². The number of nitrogens with zero attached hydrogens (tertiary/aromatic N) is 1. The molecule has 0 spiro atoms. The molecule has 0 fully saturated rings. The molecule has 3 rings (SSSR count). The van der Waals surface area contributed by atoms with Crippen LogP contribution in [0.15, 0.2) is 53.4 Å². The maximum atomic E-state index is 12.9. The summed E-state index contributed by atoms with van der Waals surface area (Å²) in [5, 5.41) is 9.28. The van der Waals surface area contributed by atoms with E-state index in [0.717, 1.165) is 23.0 Å². The molecule has 0 aromatic heterocycles. The van der Waals surface area contributed by atoms with E-state index in [-0.39, 0.29) is 5.91 Å². The van der Waals surface area contributed by atoms with Crippen LogP contribution < -0.4 is 4.90 Å². The van der Waals surface area contributed by atoms with Gasteiger partial charge in [0, 0.05) is 22.1 Å². The Hall–Kier alpha value is -2.53. The molecule has 2 aromatic rings. The highest BCUT2D eigenvalue weighted by Crippen LogP contribution is 2.40. The summed E-state index contributed by atoms with van der Waals surface area (Å²) in [6.07, 6.45) is 3.87. The summed E-state index contributed by atoms with van der Waals surface area (Å²) < 4.78 is 0. The van der Waals surface area contributed by atoms with Crippen molar-refractivity contribution >= 4 is 35.0 Å². The lowest BCUT2D eigenvalue weighted by molar-refractivity contribution is -0.131. The fraction of sp³-hybridized carbons (Fsp3) is 0.158. The molecule has 1 heterocycles. The lowest BCUT2D eigenvalue weighted by Crippen LogP contribution is -2.23. The van der Waals surface area contributed by atoms with Crippen molar-refractivity contribution in [1.29, 1.82) is 0 Å². The van der Waals surface area contributed by atoms with Crippen LogP contribution in [0.25, 0.3) is 5.70 Å². The van der Waals surface area contributed by atoms with Crippen molar-refractivity contribution in [2.24, 2.45) is 0 Å². The monoisotopic (exact) mass is 339 g/mol. The number of fused-ring (bicyclic) bond motifs is 1. The highest BCUT2D eigenvalue weighted by molar-refractivity contribution is 7.98. The van der Waals surface area contributed by atoms with Crippen molar-refractivity contribution in [2.75, 3.05) is 11.2 Å². The molecule has 24 heavy (non-hydrogen) atoms. The Bertz CT molecular complexity index is 857. The van der Waals surface area contributed by atoms with Crippen LogP contribution in [-0.4, -0.2) is 23.2 Å². The zero-order valence-electron chi connectivity index (χ0n) is 13.4. The number of hydrogen-bond acceptors (Lipinski definition) is 3. The summed E-state index contributed by atoms with van der Waals surface area (Å²) in [4.78, 5) is 26.7. The predicted molar refractivity (Wildman–Crippen MR) is 96.5 cm³/mol. The number of carbonyl (C=O) groups is 2. The number of carbonyl (C=O) groups excluding carboxylic acids is 1. The summed E-state index contributed by atoms with van der Waals surface area (Å²) >= 11 is 1.52. The van der Waals surface area contributed by atoms with Crippen molar-refractivity contribution < 1.29 is 14.7 Å². The molecule has 1 amide bonds. The molecule has 1 N–H and O–H groups in total. The fourth-order valence-electron chi connectivity index (χ4n) is 2.87. The molecule has 0 unspecified atom stereocenters. The van der Waals surface area contributed by atoms with Crippen LogP contribution >= 0.6 is 11.8 Å². The molecular weight excluding hydrogens is 322 g/mol. The van der Waals surface area contributed by atoms with Gasteiger partial charge in [0.2, 0.25) is 0 Å². The standard InChI is InChI=1S/C19H17NO3S/c1-3-12-8-9-13-14(10-12)16(11-18(21)22)20(19(13)23)15-6-4-5-7-17(15)24-2/h4-11H,3H2,1-2H3,(H,21,22)/b16-11+. The molecule has 5 heteroatoms. The number of benzene rings is 2. The van der Waals surface area contributed by atoms with Gasteiger partial charge in [-0.1, -0.05) is 25.1 Å². The molecule has 0 aliphatic carbocycles. The van der Waals surface area contributed by atoms with Gasteiger partial charge in [-0.15, -0.1) is 11.8 Å². The Morgan fingerprint density at radius 2 is 1.96 bits per heavy atom. The van der Waals surface area contributed by atoms with E-state index in [1.165, 1.54) is 16.7 Å². The van der Waals surface area contributed by atoms with Gasteiger partial charge in [-0.2, -0.15) is 0 Å². The highest BCUT2D eigenvalue weighted by atomic mass is 32.2. The number of rotatable bonds is 4. The highest BCUT2D eigenvalue weighted by Gasteiger charge is 2.35. The van der Waals surface area contributed by atoms with Gasteiger partial charge in [0.15, 0.2) is 0 Å². The summed E-state index contributed by atoms with van der Waals surface area (Å²) in [6, 6.07) is 13.1. The molecule has 0 radical (unpaired) electrons. The summed E-state index contributed by atoms with van der Waals surface area (Å²) in [7, 11) is 0. The van der Waals surface area contributed by atoms with Crippen molar-refractivity contribution in [3.8, 4) is 0 Å². The maximum absolute atomic E-state index is 12.9. The van der Waals surface area contributed by atoms with E-state index in [2.05, 4.69) is 0 Å². The van der Waals surface area contributed by atoms with E-state index in [1.54, 1.807) is 6.07 Å². The Morgan fingerprint density at radius 1 is 1.21 bits per heavy atom. The number of hydrogen-bond donors (Lipinski definition) is 1. The lowest BCUT2D eigenvalue weighted by Gasteiger charge is -2.20. The average Bonchev–Trinajstić information content (AvgIpc) is 2.85. The number of para-hydroxylation sites is 1. The number of anilines is 1. The Labute approximate surface area is 144 Å². The minimum Gasteiger partial charge on any atom is -0.478 e. The third kappa shape index (κ3) is 2.71. The van der Waals surface area contributed by atoms with E-state index in [4.69, 9.17) is 0 Å². The van der Waals surface area contributed by atoms with Gasteiger partial charge < -0.3 is 5.11 Å². The van der Waals surface area contributed by atoms with Gasteiger partial charge in [0.05, 0.1) is 11.4 Å². The molecule has 2 aromatic carbocycles. The van der Waals surface area contributed by atoms with Crippen LogP contribution in [0.1, 0.15) is 28.4 Å². The molecule has 4 nitrogen and oxygen atoms in total. The third-order valence-electron chi connectivity index (χ3n) is 4.03. The Morgan fingerprint density at radius 3 is 2.62 bits per heavy atom. The quantitative estimate of drug-likeness (QED) is 0.674. The van der Waals surface area contributed by atoms with Crippen LogP contribution in [0.5, 0.6) is 0 Å². The van der Waals surface area contributed by atoms with Gasteiger partial charge in [-0.25, -0.2) is 4.79 Å². The average molecular weight is 339 g/mol. The largest absolute Gasteiger partial charge is 0.478 e. The number of amides is 1. The second kappa shape index (κ2) is 6.53. The van der Waals surface area contributed by atoms with Crippen LogP contribution in [0.3, 0.4) is 0 Å². The smallest absolute Gasteiger partial charge is 0.330 e. The normalized spacial score (nSPS) is 15.0. The first-order valence-corrected chi connectivity index (χ1v) is 8.84. The first kappa shape index (κ1) is 16.3. The van der Waals surface area contributed by atoms with Gasteiger partial charge >= 0.3 is 5.97 Å². The van der Waals surface area contributed by atoms with E-state index in [0.29, 0.717) is 22.5 Å². The molecular formula is C19H17NO3S. The van der Waals surface area contributed by atoms with Gasteiger partial charge in [0.25, 0.3) is 5.91 Å². The van der Waals surface area contributed by atoms with E-state index < -0.39 is 5.97 Å². The second-order valence-corrected chi connectivity index (χ2v) is 6.26. The van der Waals surface area contributed by atoms with Gasteiger partial charge in [0.1, 0.15) is 0 Å². The van der Waals surface area contributed by atoms with Crippen LogP contribution in [0, 0.1) is 0 Å². The van der Waals surface area contributed by atoms with Crippen molar-refractivity contribution in [2.45, 2.75) is 18.2 Å². The summed E-state index contributed by atoms with van der Waals surface area (Å²) in [5.74, 6) is -1.26. The predicted octanol–water partition coefficient (Wildman–Crippen LogP) is 4.06. The maximum Gasteiger partial charge on any atom is 0.330 e. The first-order valence-electron chi connectivity index (χ1n) is 7.62. The molecule has 122 valence electrons. The molecule has 0 saturated heterocycles. The number of thioether (sulfide) groups is 1. The van der Waals surface area contributed by atoms with Gasteiger partial charge in [-0.05, 0) is 42.5 Å². The zero-order chi connectivity index (χ0) is 17.3. The minimum atomic E-state index is -1.07. The summed E-state index contributed by atoms with van der Waals surface area (Å²) in [6.45, 7) is 2.03. The van der Waals surface area contributed by atoms with E-state index in [9.17, 15) is 14.7 Å². The van der Waals surface area contributed by atoms with Crippen molar-refractivity contribution in [3.05, 3.63) is 65.2 Å². The molecule has 1 aliphatic rings. The SMILES string of the molecule is CCc1ccc2c(c1)/C(=C\C(=O)O)N(c1ccccc1SC)C2=O. The minimum absolute atomic E-state index is 0.193. The topological polar surface area (TPSA) is 57.6 Å². The molecule has 1 aliphatic heterocycles. The number of aliphatic carboxylic acids is 1. The zero-order valence-corrected chi connectivity index (χ0v) is 14.3. The Balaban J connectivity index is 2.23. The van der Waals surface area contributed by atoms with Gasteiger partial charge in [-0.3, -0.25) is 9.69 Å². The van der Waals surface area contributed by atoms with E-state index >= 15 is 0 Å². The second-order valence-electron chi connectivity index (χ2n) is 5.41. The lowest BCUT2D eigenvalue weighted by atomic mass is 10.0. The molecule has 0 saturated carbocycles. The number of aryl methyl sites for hydroxylation is 1. The van der Waals surface area contributed by atoms with Crippen LogP contribution in [0.2, 0.25) is 0 Å². The van der Waals surface area contributed by atoms with Crippen LogP contribution in [-0.2, 0) is 11.2 Å². The first-order chi connectivity index (χ1) is 11.6. The third-order valence-corrected chi connectivity index (χ3v) is 4.81. The van der Waals surface area contributed by atoms with Crippen molar-refractivity contribution in [1.82, 2.24) is 0 Å². The molecule has 0 bridgehead atoms. The Kier molecular flexibility index (Phi) is 4.44. The fourth-order valence-corrected chi connectivity index (χ4v) is 3.46. The molecule has 0 atom stereocenters. The summed E-state index contributed by atoms with van der Waals surface area (Å²) in [5.41, 5.74) is 3.40. The number of carboxylic acid groups (broad SMARTS) is 1. The van der Waals surface area contributed by atoms with Crippen LogP contribution in [0.4, 0.5) is 5.69 Å². The number of carboxylic acids is 1.